The first-order valence-corrected chi connectivity index (χ1v) is 9.28. The van der Waals surface area contributed by atoms with E-state index in [2.05, 4.69) is 10.00 Å². The number of ether oxygens (including phenoxy) is 2. The number of carbonyl (C=O) groups is 1. The minimum atomic E-state index is -0.657. The number of aromatic nitrogens is 2. The molecule has 0 amide bonds. The second-order valence-corrected chi connectivity index (χ2v) is 6.85. The zero-order chi connectivity index (χ0) is 19.1. The summed E-state index contributed by atoms with van der Waals surface area (Å²) >= 11 is 0. The van der Waals surface area contributed by atoms with Crippen molar-refractivity contribution in [2.75, 3.05) is 39.5 Å². The van der Waals surface area contributed by atoms with Crippen LogP contribution in [0.25, 0.3) is 0 Å². The third-order valence-corrected chi connectivity index (χ3v) is 4.59. The standard InChI is InChI=1S/C20H27N3O4/c1-22-13-16(12-21-22)11-19(20(25)17-5-3-2-4-6-17)27-15-18(24)14-23-7-9-26-10-8-23/h2-6,12-13,18-19,24H,7-11,14-15H2,1H3. The van der Waals surface area contributed by atoms with Crippen LogP contribution >= 0.6 is 0 Å². The molecule has 1 aliphatic rings. The van der Waals surface area contributed by atoms with Gasteiger partial charge in [-0.2, -0.15) is 5.10 Å². The number of aryl methyl sites for hydroxylation is 1. The molecule has 2 heterocycles. The second-order valence-electron chi connectivity index (χ2n) is 6.85. The monoisotopic (exact) mass is 373 g/mol. The number of hydrogen-bond donors (Lipinski definition) is 1. The van der Waals surface area contributed by atoms with Crippen molar-refractivity contribution >= 4 is 5.78 Å². The lowest BCUT2D eigenvalue weighted by molar-refractivity contribution is -0.0296. The van der Waals surface area contributed by atoms with E-state index in [0.29, 0.717) is 31.7 Å². The Bertz CT molecular complexity index is 713. The normalized spacial score (nSPS) is 17.6. The molecular weight excluding hydrogens is 346 g/mol. The average Bonchev–Trinajstić information content (AvgIpc) is 3.11. The van der Waals surface area contributed by atoms with E-state index in [0.717, 1.165) is 18.7 Å². The molecule has 2 unspecified atom stereocenters. The smallest absolute Gasteiger partial charge is 0.191 e. The van der Waals surface area contributed by atoms with Crippen LogP contribution in [0.15, 0.2) is 42.7 Å². The molecule has 1 aliphatic heterocycles. The van der Waals surface area contributed by atoms with Crippen LogP contribution in [0.5, 0.6) is 0 Å². The molecule has 7 heteroatoms. The van der Waals surface area contributed by atoms with Crippen LogP contribution in [0.2, 0.25) is 0 Å². The second kappa shape index (κ2) is 9.75. The predicted octanol–water partition coefficient (Wildman–Crippen LogP) is 0.924. The molecule has 3 rings (SSSR count). The maximum absolute atomic E-state index is 12.9. The number of hydrogen-bond acceptors (Lipinski definition) is 6. The number of aliphatic hydroxyl groups is 1. The SMILES string of the molecule is Cn1cc(CC(OCC(O)CN2CCOCC2)C(=O)c2ccccc2)cn1. The highest BCUT2D eigenvalue weighted by molar-refractivity contribution is 5.99. The summed E-state index contributed by atoms with van der Waals surface area (Å²) in [5.41, 5.74) is 1.53. The van der Waals surface area contributed by atoms with Gasteiger partial charge in [0.2, 0.25) is 0 Å². The van der Waals surface area contributed by atoms with Crippen LogP contribution in [0.3, 0.4) is 0 Å². The molecular formula is C20H27N3O4. The van der Waals surface area contributed by atoms with E-state index in [4.69, 9.17) is 9.47 Å². The summed E-state index contributed by atoms with van der Waals surface area (Å²) in [5, 5.41) is 14.5. The van der Waals surface area contributed by atoms with Crippen molar-refractivity contribution in [2.45, 2.75) is 18.6 Å². The van der Waals surface area contributed by atoms with Crippen LogP contribution in [0.1, 0.15) is 15.9 Å². The fraction of sp³-hybridized carbons (Fsp3) is 0.500. The fourth-order valence-electron chi connectivity index (χ4n) is 3.17. The highest BCUT2D eigenvalue weighted by Gasteiger charge is 2.24. The molecule has 0 bridgehead atoms. The van der Waals surface area contributed by atoms with E-state index < -0.39 is 12.2 Å². The van der Waals surface area contributed by atoms with Crippen molar-refractivity contribution in [3.05, 3.63) is 53.9 Å². The first-order chi connectivity index (χ1) is 13.1. The number of Topliss-reactive ketones (excluding diaryl/α,β-unsaturated/α-hetero) is 1. The van der Waals surface area contributed by atoms with Crippen LogP contribution in [-0.4, -0.2) is 77.2 Å². The van der Waals surface area contributed by atoms with Crippen molar-refractivity contribution in [1.29, 1.82) is 0 Å². The minimum Gasteiger partial charge on any atom is -0.389 e. The molecule has 7 nitrogen and oxygen atoms in total. The van der Waals surface area contributed by atoms with Gasteiger partial charge in [0.1, 0.15) is 6.10 Å². The molecule has 2 aromatic rings. The fourth-order valence-corrected chi connectivity index (χ4v) is 3.17. The molecule has 0 aliphatic carbocycles. The number of morpholine rings is 1. The van der Waals surface area contributed by atoms with Gasteiger partial charge >= 0.3 is 0 Å². The van der Waals surface area contributed by atoms with Crippen molar-refractivity contribution in [3.63, 3.8) is 0 Å². The number of carbonyl (C=O) groups excluding carboxylic acids is 1. The van der Waals surface area contributed by atoms with E-state index in [1.807, 2.05) is 31.4 Å². The Balaban J connectivity index is 1.61. The van der Waals surface area contributed by atoms with Gasteiger partial charge in [0, 0.05) is 44.9 Å². The Morgan fingerprint density at radius 1 is 1.30 bits per heavy atom. The molecule has 27 heavy (non-hydrogen) atoms. The zero-order valence-corrected chi connectivity index (χ0v) is 15.7. The van der Waals surface area contributed by atoms with Crippen LogP contribution in [0.4, 0.5) is 0 Å². The lowest BCUT2D eigenvalue weighted by Gasteiger charge is -2.29. The lowest BCUT2D eigenvalue weighted by atomic mass is 10.0. The van der Waals surface area contributed by atoms with Gasteiger partial charge in [-0.15, -0.1) is 0 Å². The summed E-state index contributed by atoms with van der Waals surface area (Å²) in [6.07, 6.45) is 2.72. The molecule has 1 aromatic heterocycles. The largest absolute Gasteiger partial charge is 0.389 e. The Morgan fingerprint density at radius 2 is 2.04 bits per heavy atom. The Labute approximate surface area is 159 Å². The molecule has 1 fully saturated rings. The Kier molecular flexibility index (Phi) is 7.11. The van der Waals surface area contributed by atoms with E-state index >= 15 is 0 Å². The van der Waals surface area contributed by atoms with Crippen LogP contribution in [-0.2, 0) is 22.9 Å². The van der Waals surface area contributed by atoms with Gasteiger partial charge in [-0.3, -0.25) is 14.4 Å². The van der Waals surface area contributed by atoms with Gasteiger partial charge in [-0.25, -0.2) is 0 Å². The minimum absolute atomic E-state index is 0.0852. The molecule has 0 radical (unpaired) electrons. The molecule has 0 saturated carbocycles. The third kappa shape index (κ3) is 5.97. The van der Waals surface area contributed by atoms with Gasteiger partial charge in [0.25, 0.3) is 0 Å². The maximum Gasteiger partial charge on any atom is 0.191 e. The average molecular weight is 373 g/mol. The number of aliphatic hydroxyl groups excluding tert-OH is 1. The van der Waals surface area contributed by atoms with Crippen molar-refractivity contribution in [1.82, 2.24) is 14.7 Å². The van der Waals surface area contributed by atoms with Crippen molar-refractivity contribution < 1.29 is 19.4 Å². The predicted molar refractivity (Wildman–Crippen MR) is 101 cm³/mol. The third-order valence-electron chi connectivity index (χ3n) is 4.59. The zero-order valence-electron chi connectivity index (χ0n) is 15.7. The summed E-state index contributed by atoms with van der Waals surface area (Å²) in [5.74, 6) is -0.0852. The summed E-state index contributed by atoms with van der Waals surface area (Å²) in [4.78, 5) is 15.0. The number of ketones is 1. The molecule has 1 N–H and O–H groups in total. The van der Waals surface area contributed by atoms with E-state index in [1.165, 1.54) is 0 Å². The summed E-state index contributed by atoms with van der Waals surface area (Å²) in [6, 6.07) is 9.11. The Hall–Kier alpha value is -2.06. The quantitative estimate of drug-likeness (QED) is 0.659. The summed E-state index contributed by atoms with van der Waals surface area (Å²) in [7, 11) is 1.84. The maximum atomic E-state index is 12.9. The molecule has 0 spiro atoms. The number of rotatable bonds is 9. The van der Waals surface area contributed by atoms with Gasteiger partial charge in [0.15, 0.2) is 5.78 Å². The number of nitrogens with zero attached hydrogens (tertiary/aromatic N) is 3. The van der Waals surface area contributed by atoms with Crippen molar-refractivity contribution in [3.8, 4) is 0 Å². The van der Waals surface area contributed by atoms with Crippen molar-refractivity contribution in [2.24, 2.45) is 7.05 Å². The van der Waals surface area contributed by atoms with E-state index in [-0.39, 0.29) is 12.4 Å². The first-order valence-electron chi connectivity index (χ1n) is 9.28. The van der Waals surface area contributed by atoms with Gasteiger partial charge in [-0.05, 0) is 5.56 Å². The number of benzene rings is 1. The number of β-amino-alcohol motifs (C(OH)–C–C–N with tert-alkyl or cyclic N) is 1. The van der Waals surface area contributed by atoms with Gasteiger partial charge < -0.3 is 14.6 Å². The topological polar surface area (TPSA) is 76.8 Å². The molecule has 146 valence electrons. The Morgan fingerprint density at radius 3 is 2.70 bits per heavy atom. The van der Waals surface area contributed by atoms with Gasteiger partial charge in [0.05, 0.1) is 32.1 Å². The van der Waals surface area contributed by atoms with E-state index in [9.17, 15) is 9.90 Å². The lowest BCUT2D eigenvalue weighted by Crippen LogP contribution is -2.43. The van der Waals surface area contributed by atoms with Crippen LogP contribution < -0.4 is 0 Å². The first kappa shape index (κ1) is 19.7. The van der Waals surface area contributed by atoms with Crippen LogP contribution in [0, 0.1) is 0 Å². The summed E-state index contributed by atoms with van der Waals surface area (Å²) < 4.78 is 12.9. The molecule has 1 aromatic carbocycles. The molecule has 1 saturated heterocycles. The highest BCUT2D eigenvalue weighted by Crippen LogP contribution is 2.13. The van der Waals surface area contributed by atoms with Gasteiger partial charge in [-0.1, -0.05) is 30.3 Å². The highest BCUT2D eigenvalue weighted by atomic mass is 16.5. The summed E-state index contributed by atoms with van der Waals surface area (Å²) in [6.45, 7) is 3.61. The van der Waals surface area contributed by atoms with E-state index in [1.54, 1.807) is 23.0 Å². The molecule has 2 atom stereocenters.